The van der Waals surface area contributed by atoms with Crippen molar-refractivity contribution in [2.45, 2.75) is 0 Å². The van der Waals surface area contributed by atoms with Crippen LogP contribution in [0.1, 0.15) is 2.85 Å². The van der Waals surface area contributed by atoms with E-state index in [1.54, 1.807) is 0 Å². The summed E-state index contributed by atoms with van der Waals surface area (Å²) in [7, 11) is -2.17. The summed E-state index contributed by atoms with van der Waals surface area (Å²) < 4.78 is 0. The Morgan fingerprint density at radius 1 is 1.17 bits per heavy atom. The van der Waals surface area contributed by atoms with E-state index in [1.807, 2.05) is 0 Å². The van der Waals surface area contributed by atoms with Crippen molar-refractivity contribution in [3.63, 3.8) is 0 Å². The van der Waals surface area contributed by atoms with Crippen LogP contribution >= 0.6 is 0 Å². The largest absolute Gasteiger partial charge is 2.00 e. The molecule has 0 aromatic carbocycles. The van der Waals surface area contributed by atoms with Crippen LogP contribution in [-0.4, -0.2) is 60.1 Å². The predicted octanol–water partition coefficient (Wildman–Crippen LogP) is -2.21. The van der Waals surface area contributed by atoms with Gasteiger partial charge in [0.25, 0.3) is 0 Å². The van der Waals surface area contributed by atoms with Crippen LogP contribution in [0, 0.1) is 37.7 Å². The third-order valence-corrected chi connectivity index (χ3v) is 0. The number of hydrogen-bond acceptors (Lipinski definition) is 3. The molecule has 0 aromatic heterocycles. The van der Waals surface area contributed by atoms with E-state index >= 15 is 0 Å². The molecule has 0 aliphatic heterocycles. The fraction of sp³-hybridized carbons (Fsp3) is 0. The monoisotopic (exact) mass is 269 g/mol. The average molecular weight is 269 g/mol. The minimum atomic E-state index is -2.17. The fourth-order valence-electron chi connectivity index (χ4n) is 0. The van der Waals surface area contributed by atoms with Gasteiger partial charge in [-0.3, -0.25) is 0 Å². The van der Waals surface area contributed by atoms with Gasteiger partial charge in [0, 0.05) is 37.7 Å². The van der Waals surface area contributed by atoms with Crippen molar-refractivity contribution < 1.29 is 55.7 Å². The van der Waals surface area contributed by atoms with Crippen LogP contribution in [0.15, 0.2) is 0 Å². The SMILES string of the molecule is OB(O)O.[Ca+2].[H-].[H-].[Ho]. The van der Waals surface area contributed by atoms with Crippen molar-refractivity contribution in [2.75, 3.05) is 0 Å². The van der Waals surface area contributed by atoms with Crippen molar-refractivity contribution in [1.82, 2.24) is 0 Å². The molecule has 0 unspecified atom stereocenters. The second kappa shape index (κ2) is 10.4. The Morgan fingerprint density at radius 3 is 1.17 bits per heavy atom. The molecule has 0 bridgehead atoms. The quantitative estimate of drug-likeness (QED) is 0.437. The topological polar surface area (TPSA) is 60.7 Å². The number of hydrogen-bond donors (Lipinski definition) is 3. The summed E-state index contributed by atoms with van der Waals surface area (Å²) in [6.07, 6.45) is 0. The average Bonchev–Trinajstić information content (AvgIpc) is 0.811. The van der Waals surface area contributed by atoms with E-state index in [0.717, 1.165) is 0 Å². The first kappa shape index (κ1) is 15.8. The summed E-state index contributed by atoms with van der Waals surface area (Å²) in [5.74, 6) is 0. The van der Waals surface area contributed by atoms with Crippen LogP contribution in [0.2, 0.25) is 0 Å². The molecule has 3 nitrogen and oxygen atoms in total. The first-order valence-corrected chi connectivity index (χ1v) is 0.775. The summed E-state index contributed by atoms with van der Waals surface area (Å²) in [6.45, 7) is 0. The van der Waals surface area contributed by atoms with Crippen molar-refractivity contribution in [2.24, 2.45) is 0 Å². The van der Waals surface area contributed by atoms with Gasteiger partial charge in [0.2, 0.25) is 0 Å². The smallest absolute Gasteiger partial charge is 1.00 e. The summed E-state index contributed by atoms with van der Waals surface area (Å²) in [6, 6.07) is 0. The molecule has 0 aliphatic carbocycles. The molecule has 0 saturated carbocycles. The Hall–Kier alpha value is 2.46. The van der Waals surface area contributed by atoms with Crippen LogP contribution in [-0.2, 0) is 0 Å². The molecule has 0 saturated heterocycles. The molecule has 0 rings (SSSR count). The molecule has 39 valence electrons. The maximum atomic E-state index is 7.17. The molecule has 0 heterocycles. The molecular formula is H5BCaHoO3. The van der Waals surface area contributed by atoms with Gasteiger partial charge in [0.15, 0.2) is 0 Å². The maximum absolute atomic E-state index is 7.17. The Kier molecular flexibility index (Phi) is 27.5. The van der Waals surface area contributed by atoms with E-state index in [4.69, 9.17) is 15.1 Å². The minimum absolute atomic E-state index is 0. The first-order valence-electron chi connectivity index (χ1n) is 0.775. The third-order valence-electron chi connectivity index (χ3n) is 0. The molecule has 6 heteroatoms. The molecular weight excluding hydrogens is 264 g/mol. The molecule has 1 radical (unpaired) electrons. The minimum Gasteiger partial charge on any atom is -1.00 e. The Bertz CT molecular complexity index is 22.0. The summed E-state index contributed by atoms with van der Waals surface area (Å²) >= 11 is 0. The van der Waals surface area contributed by atoms with E-state index in [0.29, 0.717) is 0 Å². The second-order valence-electron chi connectivity index (χ2n) is 0.346. The predicted molar refractivity (Wildman–Crippen MR) is 20.4 cm³/mol. The standard InChI is InChI=1S/BH3O3.Ca.Ho.2H/c2-1(3)4;;;;/h2-4H;;;;/q;+2;;2*-1. The van der Waals surface area contributed by atoms with Gasteiger partial charge in [-0.05, 0) is 0 Å². The molecule has 6 heavy (non-hydrogen) atoms. The van der Waals surface area contributed by atoms with Gasteiger partial charge >= 0.3 is 45.1 Å². The van der Waals surface area contributed by atoms with Crippen molar-refractivity contribution in [1.29, 1.82) is 0 Å². The second-order valence-corrected chi connectivity index (χ2v) is 0.346. The van der Waals surface area contributed by atoms with Gasteiger partial charge < -0.3 is 17.9 Å². The molecule has 3 N–H and O–H groups in total. The van der Waals surface area contributed by atoms with Gasteiger partial charge in [-0.2, -0.15) is 0 Å². The van der Waals surface area contributed by atoms with Gasteiger partial charge in [-0.1, -0.05) is 0 Å². The van der Waals surface area contributed by atoms with Gasteiger partial charge in [-0.25, -0.2) is 0 Å². The van der Waals surface area contributed by atoms with E-state index in [-0.39, 0.29) is 78.3 Å². The first-order chi connectivity index (χ1) is 1.73. The zero-order chi connectivity index (χ0) is 3.58. The molecule has 0 aromatic rings. The van der Waals surface area contributed by atoms with Crippen molar-refractivity contribution in [3.05, 3.63) is 0 Å². The zero-order valence-corrected chi connectivity index (χ0v) is 7.07. The van der Waals surface area contributed by atoms with E-state index < -0.39 is 7.32 Å². The third kappa shape index (κ3) is 31.8. The van der Waals surface area contributed by atoms with Crippen LogP contribution in [0.4, 0.5) is 0 Å². The molecule has 0 atom stereocenters. The Morgan fingerprint density at radius 2 is 1.17 bits per heavy atom. The summed E-state index contributed by atoms with van der Waals surface area (Å²) in [4.78, 5) is 0. The van der Waals surface area contributed by atoms with Crippen LogP contribution in [0.25, 0.3) is 0 Å². The van der Waals surface area contributed by atoms with E-state index in [9.17, 15) is 0 Å². The van der Waals surface area contributed by atoms with Crippen molar-refractivity contribution >= 4 is 45.1 Å². The molecule has 0 amide bonds. The fourth-order valence-corrected chi connectivity index (χ4v) is 0. The van der Waals surface area contributed by atoms with Crippen LogP contribution in [0.3, 0.4) is 0 Å². The van der Waals surface area contributed by atoms with Gasteiger partial charge in [0.1, 0.15) is 0 Å². The molecule has 0 fully saturated rings. The Labute approximate surface area is 98.9 Å². The number of rotatable bonds is 0. The van der Waals surface area contributed by atoms with Gasteiger partial charge in [-0.15, -0.1) is 0 Å². The normalized spacial score (nSPS) is 4.50. The van der Waals surface area contributed by atoms with Gasteiger partial charge in [0.05, 0.1) is 0 Å². The van der Waals surface area contributed by atoms with Crippen molar-refractivity contribution in [3.8, 4) is 0 Å². The summed E-state index contributed by atoms with van der Waals surface area (Å²) in [5.41, 5.74) is 0. The summed E-state index contributed by atoms with van der Waals surface area (Å²) in [5, 5.41) is 21.5. The zero-order valence-electron chi connectivity index (χ0n) is 4.93. The van der Waals surface area contributed by atoms with Crippen LogP contribution < -0.4 is 0 Å². The Balaban J connectivity index is -0.00000000750. The van der Waals surface area contributed by atoms with Crippen LogP contribution in [0.5, 0.6) is 0 Å². The molecule has 0 aliphatic rings. The van der Waals surface area contributed by atoms with E-state index in [2.05, 4.69) is 0 Å². The van der Waals surface area contributed by atoms with E-state index in [1.165, 1.54) is 0 Å². The maximum Gasteiger partial charge on any atom is 2.00 e. The molecule has 0 spiro atoms.